The number of allylic oxidation sites excluding steroid dienone is 6. The van der Waals surface area contributed by atoms with E-state index in [9.17, 15) is 0 Å². The normalized spacial score (nSPS) is 14.6. The largest absolute Gasteiger partial charge is 0.165 e. The molecule has 0 radical (unpaired) electrons. The Morgan fingerprint density at radius 3 is 2.33 bits per heavy atom. The second-order valence-electron chi connectivity index (χ2n) is 3.59. The molecule has 0 aromatic rings. The lowest BCUT2D eigenvalue weighted by Gasteiger charge is -2.11. The SMILES string of the molecule is C\C=C/C(C(/C)=C\C)=C(/CC)CCSC. The average Bonchev–Trinajstić information content (AvgIpc) is 2.27. The van der Waals surface area contributed by atoms with Crippen LogP contribution in [0.5, 0.6) is 0 Å². The van der Waals surface area contributed by atoms with E-state index in [0.717, 1.165) is 6.42 Å². The molecule has 15 heavy (non-hydrogen) atoms. The fraction of sp³-hybridized carbons (Fsp3) is 0.571. The summed E-state index contributed by atoms with van der Waals surface area (Å²) in [4.78, 5) is 0. The van der Waals surface area contributed by atoms with Gasteiger partial charge in [-0.2, -0.15) is 11.8 Å². The van der Waals surface area contributed by atoms with Gasteiger partial charge in [0.05, 0.1) is 0 Å². The van der Waals surface area contributed by atoms with Crippen LogP contribution in [0, 0.1) is 0 Å². The van der Waals surface area contributed by atoms with Gasteiger partial charge in [-0.3, -0.25) is 0 Å². The van der Waals surface area contributed by atoms with Crippen LogP contribution in [0.4, 0.5) is 0 Å². The van der Waals surface area contributed by atoms with Crippen molar-refractivity contribution in [2.45, 2.75) is 40.5 Å². The maximum absolute atomic E-state index is 2.25. The molecule has 1 heteroatoms. The van der Waals surface area contributed by atoms with Gasteiger partial charge < -0.3 is 0 Å². The predicted octanol–water partition coefficient (Wildman–Crippen LogP) is 4.99. The molecule has 0 aliphatic heterocycles. The third-order valence-electron chi connectivity index (χ3n) is 2.61. The molecule has 0 saturated heterocycles. The second kappa shape index (κ2) is 8.84. The van der Waals surface area contributed by atoms with E-state index in [1.807, 2.05) is 11.8 Å². The Bertz CT molecular complexity index is 257. The first kappa shape index (κ1) is 14.6. The second-order valence-corrected chi connectivity index (χ2v) is 4.57. The van der Waals surface area contributed by atoms with Gasteiger partial charge in [-0.1, -0.05) is 30.7 Å². The molecule has 0 fully saturated rings. The van der Waals surface area contributed by atoms with Crippen molar-refractivity contribution in [3.05, 3.63) is 34.9 Å². The lowest BCUT2D eigenvalue weighted by Crippen LogP contribution is -1.93. The summed E-state index contributed by atoms with van der Waals surface area (Å²) in [5.41, 5.74) is 4.42. The number of thioether (sulfide) groups is 1. The van der Waals surface area contributed by atoms with E-state index in [2.05, 4.69) is 52.2 Å². The summed E-state index contributed by atoms with van der Waals surface area (Å²) >= 11 is 1.92. The van der Waals surface area contributed by atoms with Crippen LogP contribution in [0.3, 0.4) is 0 Å². The van der Waals surface area contributed by atoms with Gasteiger partial charge in [0.25, 0.3) is 0 Å². The summed E-state index contributed by atoms with van der Waals surface area (Å²) in [5, 5.41) is 0. The van der Waals surface area contributed by atoms with Crippen molar-refractivity contribution in [1.29, 1.82) is 0 Å². The zero-order chi connectivity index (χ0) is 11.7. The van der Waals surface area contributed by atoms with Crippen LogP contribution in [-0.2, 0) is 0 Å². The standard InChI is InChI=1S/C14H24S/c1-6-9-14(12(4)7-2)13(8-3)10-11-15-5/h6-7,9H,8,10-11H2,1-5H3/b9-6-,12-7-,14-13+. The highest BCUT2D eigenvalue weighted by molar-refractivity contribution is 7.98. The van der Waals surface area contributed by atoms with Crippen molar-refractivity contribution in [1.82, 2.24) is 0 Å². The van der Waals surface area contributed by atoms with Crippen molar-refractivity contribution in [2.24, 2.45) is 0 Å². The summed E-state index contributed by atoms with van der Waals surface area (Å²) in [6, 6.07) is 0. The minimum atomic E-state index is 1.16. The van der Waals surface area contributed by atoms with Crippen LogP contribution >= 0.6 is 11.8 Å². The first-order valence-electron chi connectivity index (χ1n) is 5.68. The molecule has 0 heterocycles. The Labute approximate surface area is 99.5 Å². The molecule has 0 atom stereocenters. The summed E-state index contributed by atoms with van der Waals surface area (Å²) in [6.07, 6.45) is 11.1. The minimum absolute atomic E-state index is 1.16. The molecule has 86 valence electrons. The molecule has 0 bridgehead atoms. The fourth-order valence-corrected chi connectivity index (χ4v) is 2.03. The highest BCUT2D eigenvalue weighted by Gasteiger charge is 2.03. The van der Waals surface area contributed by atoms with Gasteiger partial charge in [0, 0.05) is 0 Å². The molecule has 0 rings (SSSR count). The van der Waals surface area contributed by atoms with Crippen molar-refractivity contribution in [3.8, 4) is 0 Å². The average molecular weight is 224 g/mol. The number of hydrogen-bond acceptors (Lipinski definition) is 1. The van der Waals surface area contributed by atoms with Crippen LogP contribution < -0.4 is 0 Å². The van der Waals surface area contributed by atoms with E-state index in [-0.39, 0.29) is 0 Å². The molecule has 0 amide bonds. The summed E-state index contributed by atoms with van der Waals surface area (Å²) in [6.45, 7) is 8.65. The van der Waals surface area contributed by atoms with Crippen molar-refractivity contribution < 1.29 is 0 Å². The van der Waals surface area contributed by atoms with Crippen molar-refractivity contribution in [2.75, 3.05) is 12.0 Å². The maximum atomic E-state index is 2.25. The molecule has 0 saturated carbocycles. The van der Waals surface area contributed by atoms with Gasteiger partial charge in [-0.25, -0.2) is 0 Å². The molecule has 0 spiro atoms. The highest BCUT2D eigenvalue weighted by atomic mass is 32.2. The van der Waals surface area contributed by atoms with Gasteiger partial charge in [0.2, 0.25) is 0 Å². The third kappa shape index (κ3) is 5.27. The molecule has 0 aromatic heterocycles. The quantitative estimate of drug-likeness (QED) is 0.573. The van der Waals surface area contributed by atoms with Crippen LogP contribution in [0.1, 0.15) is 40.5 Å². The van der Waals surface area contributed by atoms with E-state index in [1.54, 1.807) is 5.57 Å². The van der Waals surface area contributed by atoms with E-state index in [1.165, 1.54) is 23.3 Å². The van der Waals surface area contributed by atoms with Crippen molar-refractivity contribution in [3.63, 3.8) is 0 Å². The lowest BCUT2D eigenvalue weighted by molar-refractivity contribution is 0.967. The smallest absolute Gasteiger partial charge is 0.00327 e. The van der Waals surface area contributed by atoms with Crippen LogP contribution in [0.15, 0.2) is 34.9 Å². The summed E-state index contributed by atoms with van der Waals surface area (Å²) in [5.74, 6) is 1.22. The Hall–Kier alpha value is -0.430. The van der Waals surface area contributed by atoms with Crippen molar-refractivity contribution >= 4 is 11.8 Å². The topological polar surface area (TPSA) is 0 Å². The van der Waals surface area contributed by atoms with Crippen LogP contribution in [0.25, 0.3) is 0 Å². The Morgan fingerprint density at radius 1 is 1.27 bits per heavy atom. The highest BCUT2D eigenvalue weighted by Crippen LogP contribution is 2.22. The zero-order valence-electron chi connectivity index (χ0n) is 10.8. The predicted molar refractivity (Wildman–Crippen MR) is 74.6 cm³/mol. The Balaban J connectivity index is 4.99. The molecule has 0 aliphatic rings. The fourth-order valence-electron chi connectivity index (χ4n) is 1.58. The lowest BCUT2D eigenvalue weighted by atomic mass is 9.97. The molecular formula is C14H24S. The van der Waals surface area contributed by atoms with Gasteiger partial charge in [-0.15, -0.1) is 0 Å². The van der Waals surface area contributed by atoms with E-state index < -0.39 is 0 Å². The maximum Gasteiger partial charge on any atom is -0.00327 e. The third-order valence-corrected chi connectivity index (χ3v) is 3.22. The number of hydrogen-bond donors (Lipinski definition) is 0. The minimum Gasteiger partial charge on any atom is -0.165 e. The van der Waals surface area contributed by atoms with E-state index in [4.69, 9.17) is 0 Å². The Kier molecular flexibility index (Phi) is 8.59. The monoisotopic (exact) mass is 224 g/mol. The molecule has 0 aliphatic carbocycles. The van der Waals surface area contributed by atoms with E-state index in [0.29, 0.717) is 0 Å². The van der Waals surface area contributed by atoms with Crippen LogP contribution in [-0.4, -0.2) is 12.0 Å². The van der Waals surface area contributed by atoms with Gasteiger partial charge in [0.1, 0.15) is 0 Å². The molecular weight excluding hydrogens is 200 g/mol. The van der Waals surface area contributed by atoms with E-state index >= 15 is 0 Å². The molecule has 0 N–H and O–H groups in total. The first-order valence-corrected chi connectivity index (χ1v) is 7.07. The van der Waals surface area contributed by atoms with Gasteiger partial charge >= 0.3 is 0 Å². The zero-order valence-corrected chi connectivity index (χ0v) is 11.6. The summed E-state index contributed by atoms with van der Waals surface area (Å²) < 4.78 is 0. The summed E-state index contributed by atoms with van der Waals surface area (Å²) in [7, 11) is 0. The first-order chi connectivity index (χ1) is 7.21. The van der Waals surface area contributed by atoms with Crippen LogP contribution in [0.2, 0.25) is 0 Å². The molecule has 0 aromatic carbocycles. The van der Waals surface area contributed by atoms with Gasteiger partial charge in [-0.05, 0) is 56.8 Å². The molecule has 0 nitrogen and oxygen atoms in total. The van der Waals surface area contributed by atoms with Gasteiger partial charge in [0.15, 0.2) is 0 Å². The Morgan fingerprint density at radius 2 is 1.93 bits per heavy atom. The number of rotatable bonds is 6. The molecule has 0 unspecified atom stereocenters.